The Morgan fingerprint density at radius 2 is 2.04 bits per heavy atom. The number of nitrogens with zero attached hydrogens (tertiary/aromatic N) is 4. The first kappa shape index (κ1) is 17.0. The monoisotopic (exact) mass is 359 g/mol. The van der Waals surface area contributed by atoms with Gasteiger partial charge in [0.05, 0.1) is 11.9 Å². The van der Waals surface area contributed by atoms with E-state index >= 15 is 0 Å². The van der Waals surface area contributed by atoms with Gasteiger partial charge in [0.1, 0.15) is 5.60 Å². The van der Waals surface area contributed by atoms with E-state index < -0.39 is 11.7 Å². The van der Waals surface area contributed by atoms with Gasteiger partial charge >= 0.3 is 6.09 Å². The highest BCUT2D eigenvalue weighted by molar-refractivity contribution is 7.21. The summed E-state index contributed by atoms with van der Waals surface area (Å²) in [6.45, 7) is 5.36. The predicted molar refractivity (Wildman–Crippen MR) is 95.7 cm³/mol. The van der Waals surface area contributed by atoms with Gasteiger partial charge < -0.3 is 9.30 Å². The minimum atomic E-state index is -0.590. The Hall–Kier alpha value is -2.81. The lowest BCUT2D eigenvalue weighted by Crippen LogP contribution is -2.27. The van der Waals surface area contributed by atoms with Gasteiger partial charge in [-0.05, 0) is 26.8 Å². The molecule has 0 saturated carbocycles. The number of ether oxygens (including phenoxy) is 1. The number of fused-ring (bicyclic) bond motifs is 1. The number of rotatable bonds is 2. The van der Waals surface area contributed by atoms with Crippen molar-refractivity contribution in [3.63, 3.8) is 0 Å². The van der Waals surface area contributed by atoms with E-state index in [-0.39, 0.29) is 5.56 Å². The van der Waals surface area contributed by atoms with Crippen LogP contribution in [0.4, 0.5) is 9.93 Å². The molecule has 1 amide bonds. The maximum atomic E-state index is 11.8. The van der Waals surface area contributed by atoms with Gasteiger partial charge in [0.25, 0.3) is 0 Å². The van der Waals surface area contributed by atoms with Crippen molar-refractivity contribution < 1.29 is 9.53 Å². The minimum absolute atomic E-state index is 0.0978. The highest BCUT2D eigenvalue weighted by Gasteiger charge is 2.18. The third-order valence-electron chi connectivity index (χ3n) is 3.11. The van der Waals surface area contributed by atoms with Crippen molar-refractivity contribution in [2.24, 2.45) is 7.05 Å². The molecule has 0 aliphatic rings. The van der Waals surface area contributed by atoms with Crippen LogP contribution in [-0.4, -0.2) is 31.2 Å². The number of hydrogen-bond donors (Lipinski definition) is 1. The Morgan fingerprint density at radius 1 is 1.28 bits per heavy atom. The van der Waals surface area contributed by atoms with Crippen LogP contribution in [0, 0.1) is 0 Å². The van der Waals surface area contributed by atoms with Crippen LogP contribution in [-0.2, 0) is 11.8 Å². The number of anilines is 1. The van der Waals surface area contributed by atoms with E-state index in [2.05, 4.69) is 20.3 Å². The van der Waals surface area contributed by atoms with Crippen molar-refractivity contribution in [2.75, 3.05) is 5.32 Å². The normalized spacial score (nSPS) is 11.5. The molecule has 3 rings (SSSR count). The molecule has 0 aromatic carbocycles. The zero-order valence-corrected chi connectivity index (χ0v) is 15.0. The molecule has 0 aliphatic heterocycles. The van der Waals surface area contributed by atoms with E-state index in [9.17, 15) is 9.59 Å². The fraction of sp³-hybridized carbons (Fsp3) is 0.312. The second kappa shape index (κ2) is 6.25. The number of thiazole rings is 1. The van der Waals surface area contributed by atoms with Crippen molar-refractivity contribution >= 4 is 33.0 Å². The lowest BCUT2D eigenvalue weighted by Gasteiger charge is -2.18. The first-order valence-electron chi connectivity index (χ1n) is 7.52. The molecule has 0 fully saturated rings. The highest BCUT2D eigenvalue weighted by Crippen LogP contribution is 2.26. The fourth-order valence-electron chi connectivity index (χ4n) is 2.05. The number of aromatic nitrogens is 4. The van der Waals surface area contributed by atoms with E-state index in [1.165, 1.54) is 22.0 Å². The van der Waals surface area contributed by atoms with E-state index in [0.717, 1.165) is 5.56 Å². The van der Waals surface area contributed by atoms with Gasteiger partial charge in [0.15, 0.2) is 15.6 Å². The van der Waals surface area contributed by atoms with Crippen LogP contribution in [0.25, 0.3) is 21.7 Å². The Labute approximate surface area is 147 Å². The second-order valence-corrected chi connectivity index (χ2v) is 7.37. The minimum Gasteiger partial charge on any atom is -0.444 e. The van der Waals surface area contributed by atoms with Crippen LogP contribution in [0.15, 0.2) is 29.3 Å². The zero-order valence-electron chi connectivity index (χ0n) is 14.2. The third-order valence-corrected chi connectivity index (χ3v) is 3.97. The number of carbonyl (C=O) groups excluding carboxylic acids is 1. The van der Waals surface area contributed by atoms with E-state index in [1.54, 1.807) is 46.3 Å². The fourth-order valence-corrected chi connectivity index (χ4v) is 2.83. The first-order chi connectivity index (χ1) is 11.7. The molecular formula is C16H17N5O3S. The number of hydrogen-bond acceptors (Lipinski definition) is 7. The SMILES string of the molecule is Cn1cc(-c2cnc3nc(NC(=O)OC(C)(C)C)sc3n2)ccc1=O. The van der Waals surface area contributed by atoms with Crippen molar-refractivity contribution in [3.05, 3.63) is 34.9 Å². The molecule has 0 saturated heterocycles. The molecule has 3 aromatic heterocycles. The molecule has 3 aromatic rings. The van der Waals surface area contributed by atoms with E-state index in [0.29, 0.717) is 21.3 Å². The lowest BCUT2D eigenvalue weighted by molar-refractivity contribution is 0.0636. The summed E-state index contributed by atoms with van der Waals surface area (Å²) in [6, 6.07) is 3.17. The lowest BCUT2D eigenvalue weighted by atomic mass is 10.2. The largest absolute Gasteiger partial charge is 0.444 e. The topological polar surface area (TPSA) is 99.0 Å². The summed E-state index contributed by atoms with van der Waals surface area (Å²) in [7, 11) is 1.67. The molecule has 25 heavy (non-hydrogen) atoms. The molecule has 0 spiro atoms. The van der Waals surface area contributed by atoms with Crippen LogP contribution in [0.3, 0.4) is 0 Å². The highest BCUT2D eigenvalue weighted by atomic mass is 32.1. The first-order valence-corrected chi connectivity index (χ1v) is 8.33. The van der Waals surface area contributed by atoms with Crippen molar-refractivity contribution in [3.8, 4) is 11.3 Å². The summed E-state index contributed by atoms with van der Waals surface area (Å²) >= 11 is 1.20. The molecule has 130 valence electrons. The summed E-state index contributed by atoms with van der Waals surface area (Å²) in [5.41, 5.74) is 1.14. The molecule has 3 heterocycles. The van der Waals surface area contributed by atoms with Gasteiger partial charge in [-0.25, -0.2) is 14.8 Å². The molecule has 0 radical (unpaired) electrons. The van der Waals surface area contributed by atoms with Crippen LogP contribution in [0.2, 0.25) is 0 Å². The molecule has 0 unspecified atom stereocenters. The number of carbonyl (C=O) groups is 1. The molecule has 0 bridgehead atoms. The van der Waals surface area contributed by atoms with Crippen molar-refractivity contribution in [2.45, 2.75) is 26.4 Å². The molecule has 0 atom stereocenters. The zero-order chi connectivity index (χ0) is 18.2. The van der Waals surface area contributed by atoms with Gasteiger partial charge in [-0.3, -0.25) is 10.1 Å². The molecule has 9 heteroatoms. The maximum Gasteiger partial charge on any atom is 0.413 e. The standard InChI is InChI=1S/C16H17N5O3S/c1-16(2,3)24-15(23)20-14-19-12-13(25-14)18-10(7-17-12)9-5-6-11(22)21(4)8-9/h5-8H,1-4H3,(H,17,19,20,23). The summed E-state index contributed by atoms with van der Waals surface area (Å²) in [4.78, 5) is 36.9. The Morgan fingerprint density at radius 3 is 2.72 bits per heavy atom. The number of aryl methyl sites for hydroxylation is 1. The maximum absolute atomic E-state index is 11.8. The summed E-state index contributed by atoms with van der Waals surface area (Å²) in [6.07, 6.45) is 2.70. The van der Waals surface area contributed by atoms with Crippen LogP contribution in [0.5, 0.6) is 0 Å². The Kier molecular flexibility index (Phi) is 4.25. The van der Waals surface area contributed by atoms with E-state index in [1.807, 2.05) is 0 Å². The van der Waals surface area contributed by atoms with Gasteiger partial charge in [-0.15, -0.1) is 0 Å². The van der Waals surface area contributed by atoms with Gasteiger partial charge in [-0.1, -0.05) is 11.3 Å². The smallest absolute Gasteiger partial charge is 0.413 e. The van der Waals surface area contributed by atoms with E-state index in [4.69, 9.17) is 4.74 Å². The third kappa shape index (κ3) is 4.00. The average Bonchev–Trinajstić information content (AvgIpc) is 2.89. The van der Waals surface area contributed by atoms with Crippen LogP contribution in [0.1, 0.15) is 20.8 Å². The number of pyridine rings is 1. The molecule has 1 N–H and O–H groups in total. The van der Waals surface area contributed by atoms with Gasteiger partial charge in [-0.2, -0.15) is 4.98 Å². The Bertz CT molecular complexity index is 1000. The number of nitrogens with one attached hydrogen (secondary N) is 1. The second-order valence-electron chi connectivity index (χ2n) is 6.40. The predicted octanol–water partition coefficient (Wildman–Crippen LogP) is 2.80. The average molecular weight is 359 g/mol. The van der Waals surface area contributed by atoms with Crippen LogP contribution < -0.4 is 10.9 Å². The van der Waals surface area contributed by atoms with Crippen molar-refractivity contribution in [1.82, 2.24) is 19.5 Å². The summed E-state index contributed by atoms with van der Waals surface area (Å²) in [5.74, 6) is 0. The van der Waals surface area contributed by atoms with Crippen LogP contribution >= 0.6 is 11.3 Å². The van der Waals surface area contributed by atoms with Gasteiger partial charge in [0, 0.05) is 24.9 Å². The number of amides is 1. The molecular weight excluding hydrogens is 342 g/mol. The molecule has 8 nitrogen and oxygen atoms in total. The summed E-state index contributed by atoms with van der Waals surface area (Å²) < 4.78 is 6.67. The summed E-state index contributed by atoms with van der Waals surface area (Å²) in [5, 5.41) is 2.95. The Balaban J connectivity index is 1.87. The quantitative estimate of drug-likeness (QED) is 0.755. The van der Waals surface area contributed by atoms with Crippen molar-refractivity contribution in [1.29, 1.82) is 0 Å². The molecule has 0 aliphatic carbocycles. The van der Waals surface area contributed by atoms with Gasteiger partial charge in [0.2, 0.25) is 5.56 Å².